The van der Waals surface area contributed by atoms with Crippen LogP contribution in [0.3, 0.4) is 0 Å². The monoisotopic (exact) mass is 708 g/mol. The zero-order valence-corrected chi connectivity index (χ0v) is 30.5. The number of anilines is 1. The Labute approximate surface area is 316 Å². The van der Waals surface area contributed by atoms with Gasteiger partial charge in [-0.05, 0) is 42.5 Å². The van der Waals surface area contributed by atoms with Crippen molar-refractivity contribution in [2.45, 2.75) is 9.79 Å². The molecule has 0 spiro atoms. The van der Waals surface area contributed by atoms with Crippen LogP contribution in [-0.4, -0.2) is 36.0 Å². The molecule has 5 aromatic rings. The molecule has 20 heteroatoms. The molecule has 16 nitrogen and oxygen atoms in total. The third-order valence-electron chi connectivity index (χ3n) is 6.26. The van der Waals surface area contributed by atoms with Crippen LogP contribution in [0.15, 0.2) is 121 Å². The van der Waals surface area contributed by atoms with Gasteiger partial charge < -0.3 is 24.7 Å². The summed E-state index contributed by atoms with van der Waals surface area (Å²) in [4.78, 5) is 8.09. The van der Waals surface area contributed by atoms with Gasteiger partial charge in [0, 0.05) is 17.5 Å². The van der Waals surface area contributed by atoms with E-state index in [2.05, 4.69) is 20.5 Å². The molecule has 0 heterocycles. The minimum Gasteiger partial charge on any atom is -0.744 e. The average Bonchev–Trinajstić information content (AvgIpc) is 3.00. The molecule has 0 aromatic heterocycles. The van der Waals surface area contributed by atoms with Crippen molar-refractivity contribution in [1.29, 1.82) is 0 Å². The molecule has 0 atom stereocenters. The largest absolute Gasteiger partial charge is 1.00 e. The number of hydrogen-bond donors (Lipinski definition) is 2. The van der Waals surface area contributed by atoms with Gasteiger partial charge in [-0.25, -0.2) is 16.8 Å². The van der Waals surface area contributed by atoms with E-state index >= 15 is 0 Å². The van der Waals surface area contributed by atoms with Gasteiger partial charge in [0.25, 0.3) is 5.69 Å². The molecule has 0 aliphatic heterocycles. The number of phenols is 1. The van der Waals surface area contributed by atoms with Crippen LogP contribution in [-0.2, 0) is 20.2 Å². The predicted octanol–water partition coefficient (Wildman–Crippen LogP) is 0.475. The van der Waals surface area contributed by atoms with E-state index in [1.54, 1.807) is 42.5 Å². The van der Waals surface area contributed by atoms with Crippen molar-refractivity contribution in [3.8, 4) is 17.2 Å². The van der Waals surface area contributed by atoms with Crippen molar-refractivity contribution in [3.63, 3.8) is 0 Å². The van der Waals surface area contributed by atoms with E-state index in [1.807, 2.05) is 0 Å². The first-order chi connectivity index (χ1) is 21.7. The summed E-state index contributed by atoms with van der Waals surface area (Å²) in [7, 11) is -10.9. The summed E-state index contributed by atoms with van der Waals surface area (Å²) in [6, 6.07) is 20.7. The quantitative estimate of drug-likeness (QED) is 0.0531. The standard InChI is InChI=1S/C28H20N6O10S2.2Na/c29-26-21(32-30-16-7-6-8-17(13-16)34(36)37)15-23(45(38,39)40)19-14-24(46(41,42)43)27(28(35)25(19)26)33-31-20-11-4-5-12-22(20)44-18-9-2-1-3-10-18;;/h1-15,35H,29H2,(H,38,39,40)(H,41,42,43);;/q;2*+1/p-2. The number of azo groups is 2. The number of nitrogen functional groups attached to an aromatic ring is 1. The van der Waals surface area contributed by atoms with Crippen LogP contribution in [0.25, 0.3) is 10.8 Å². The van der Waals surface area contributed by atoms with Crippen LogP contribution in [0.1, 0.15) is 0 Å². The number of hydrogen-bond acceptors (Lipinski definition) is 15. The van der Waals surface area contributed by atoms with Gasteiger partial charge in [-0.1, -0.05) is 36.4 Å². The fourth-order valence-electron chi connectivity index (χ4n) is 4.21. The van der Waals surface area contributed by atoms with Crippen molar-refractivity contribution in [2.24, 2.45) is 20.5 Å². The van der Waals surface area contributed by atoms with Crippen molar-refractivity contribution in [2.75, 3.05) is 5.73 Å². The number of fused-ring (bicyclic) bond motifs is 1. The van der Waals surface area contributed by atoms with Crippen LogP contribution >= 0.6 is 0 Å². The van der Waals surface area contributed by atoms with Gasteiger partial charge in [0.15, 0.2) is 11.5 Å². The number of phenolic OH excluding ortho intramolecular Hbond substituents is 1. The van der Waals surface area contributed by atoms with Crippen molar-refractivity contribution in [3.05, 3.63) is 101 Å². The second kappa shape index (κ2) is 15.6. The average molecular weight is 709 g/mol. The van der Waals surface area contributed by atoms with Gasteiger partial charge in [0.05, 0.1) is 31.5 Å². The molecular weight excluding hydrogens is 690 g/mol. The number of nitro groups is 1. The molecule has 0 bridgehead atoms. The number of benzene rings is 5. The van der Waals surface area contributed by atoms with Crippen molar-refractivity contribution in [1.82, 2.24) is 0 Å². The van der Waals surface area contributed by atoms with Gasteiger partial charge in [-0.3, -0.25) is 10.1 Å². The maximum absolute atomic E-state index is 12.3. The summed E-state index contributed by atoms with van der Waals surface area (Å²) in [6.45, 7) is 0. The van der Waals surface area contributed by atoms with Crippen LogP contribution < -0.4 is 69.6 Å². The van der Waals surface area contributed by atoms with E-state index < -0.39 is 68.5 Å². The van der Waals surface area contributed by atoms with Gasteiger partial charge in [0.2, 0.25) is 0 Å². The first-order valence-electron chi connectivity index (χ1n) is 12.7. The summed E-state index contributed by atoms with van der Waals surface area (Å²) in [5.74, 6) is -0.535. The van der Waals surface area contributed by atoms with Crippen LogP contribution in [0.4, 0.5) is 34.1 Å². The van der Waals surface area contributed by atoms with Gasteiger partial charge in [-0.2, -0.15) is 5.11 Å². The van der Waals surface area contributed by atoms with Gasteiger partial charge in [0.1, 0.15) is 43.0 Å². The Morgan fingerprint density at radius 3 is 2.00 bits per heavy atom. The minimum absolute atomic E-state index is 0. The van der Waals surface area contributed by atoms with E-state index in [4.69, 9.17) is 10.5 Å². The molecule has 0 aliphatic carbocycles. The van der Waals surface area contributed by atoms with Crippen molar-refractivity contribution >= 4 is 65.1 Å². The molecule has 48 heavy (non-hydrogen) atoms. The minimum atomic E-state index is -5.48. The molecule has 3 N–H and O–H groups in total. The molecule has 5 rings (SSSR count). The second-order valence-corrected chi connectivity index (χ2v) is 12.0. The number of non-ortho nitro benzene ring substituents is 1. The topological polar surface area (TPSA) is 262 Å². The molecule has 234 valence electrons. The SMILES string of the molecule is Nc1c(N=Nc2cccc([N+](=O)[O-])c2)cc(S(=O)(=O)[O-])c2cc(S(=O)(=O)[O-])c(N=Nc3ccccc3Oc3ccccc3)c(O)c12.[Na+].[Na+]. The molecule has 0 unspecified atom stereocenters. The normalized spacial score (nSPS) is 11.7. The molecule has 5 aromatic carbocycles. The smallest absolute Gasteiger partial charge is 0.744 e. The van der Waals surface area contributed by atoms with E-state index in [1.165, 1.54) is 30.3 Å². The number of ether oxygens (including phenoxy) is 1. The zero-order valence-electron chi connectivity index (χ0n) is 24.9. The summed E-state index contributed by atoms with van der Waals surface area (Å²) < 4.78 is 79.4. The molecule has 0 aliphatic rings. The third kappa shape index (κ3) is 8.60. The first kappa shape index (κ1) is 38.6. The molecule has 0 amide bonds. The van der Waals surface area contributed by atoms with Crippen LogP contribution in [0.2, 0.25) is 0 Å². The Balaban J connectivity index is 0.00000312. The summed E-state index contributed by atoms with van der Waals surface area (Å²) in [5.41, 5.74) is 3.91. The number of para-hydroxylation sites is 2. The fourth-order valence-corrected chi connectivity index (χ4v) is 5.53. The summed E-state index contributed by atoms with van der Waals surface area (Å²) in [6.07, 6.45) is 0. The third-order valence-corrected chi connectivity index (χ3v) is 7.99. The Morgan fingerprint density at radius 2 is 1.35 bits per heavy atom. The zero-order chi connectivity index (χ0) is 33.2. The summed E-state index contributed by atoms with van der Waals surface area (Å²) >= 11 is 0. The van der Waals surface area contributed by atoms with E-state index in [0.717, 1.165) is 6.07 Å². The maximum atomic E-state index is 12.3. The Bertz CT molecular complexity index is 2310. The Morgan fingerprint density at radius 1 is 0.729 bits per heavy atom. The van der Waals surface area contributed by atoms with Crippen LogP contribution in [0, 0.1) is 10.1 Å². The number of nitro benzene ring substituents is 1. The van der Waals surface area contributed by atoms with E-state index in [0.29, 0.717) is 17.9 Å². The van der Waals surface area contributed by atoms with Gasteiger partial charge in [-0.15, -0.1) is 15.3 Å². The van der Waals surface area contributed by atoms with E-state index in [-0.39, 0.29) is 81.9 Å². The van der Waals surface area contributed by atoms with Gasteiger partial charge >= 0.3 is 59.1 Å². The molecule has 0 radical (unpaired) electrons. The Kier molecular flexibility index (Phi) is 12.6. The number of aromatic hydroxyl groups is 1. The number of nitrogens with two attached hydrogens (primary N) is 1. The molecule has 0 fully saturated rings. The van der Waals surface area contributed by atoms with Crippen LogP contribution in [0.5, 0.6) is 17.2 Å². The fraction of sp³-hybridized carbons (Fsp3) is 0. The predicted molar refractivity (Wildman–Crippen MR) is 160 cm³/mol. The molecule has 0 saturated carbocycles. The van der Waals surface area contributed by atoms with Crippen molar-refractivity contribution < 1.29 is 99.8 Å². The number of nitrogens with zero attached hydrogens (tertiary/aromatic N) is 5. The maximum Gasteiger partial charge on any atom is 1.00 e. The Hall–Kier alpha value is -3.82. The number of rotatable bonds is 9. The molecule has 0 saturated heterocycles. The first-order valence-corrected chi connectivity index (χ1v) is 15.5. The second-order valence-electron chi connectivity index (χ2n) is 9.27. The van der Waals surface area contributed by atoms with E-state index in [9.17, 15) is 41.2 Å². The molecular formula is C28H18N6Na2O10S2. The summed E-state index contributed by atoms with van der Waals surface area (Å²) in [5, 5.41) is 36.3.